The minimum atomic E-state index is -0.300. The van der Waals surface area contributed by atoms with Gasteiger partial charge in [0, 0.05) is 45.7 Å². The van der Waals surface area contributed by atoms with Gasteiger partial charge in [0.15, 0.2) is 17.3 Å². The van der Waals surface area contributed by atoms with E-state index < -0.39 is 0 Å². The lowest BCUT2D eigenvalue weighted by Crippen LogP contribution is -2.48. The van der Waals surface area contributed by atoms with Gasteiger partial charge in [0.05, 0.1) is 6.26 Å². The van der Waals surface area contributed by atoms with Gasteiger partial charge in [-0.3, -0.25) is 14.5 Å². The second kappa shape index (κ2) is 8.35. The molecular formula is C20H23N3O5. The summed E-state index contributed by atoms with van der Waals surface area (Å²) < 4.78 is 15.8. The van der Waals surface area contributed by atoms with Crippen LogP contribution in [0.15, 0.2) is 41.0 Å². The largest absolute Gasteiger partial charge is 0.459 e. The molecule has 1 fully saturated rings. The van der Waals surface area contributed by atoms with Crippen LogP contribution in [0.25, 0.3) is 0 Å². The van der Waals surface area contributed by atoms with Gasteiger partial charge in [0.1, 0.15) is 0 Å². The van der Waals surface area contributed by atoms with E-state index in [4.69, 9.17) is 13.9 Å². The van der Waals surface area contributed by atoms with Crippen LogP contribution in [0, 0.1) is 0 Å². The van der Waals surface area contributed by atoms with Gasteiger partial charge in [-0.1, -0.05) is 6.07 Å². The molecule has 2 aliphatic rings. The zero-order valence-corrected chi connectivity index (χ0v) is 15.6. The molecule has 0 unspecified atom stereocenters. The standard InChI is InChI=1S/C20H23N3O5/c24-19(5-6-21-20(25)17-2-1-11-26-17)23-9-7-22(8-10-23)13-15-3-4-16-18(12-15)28-14-27-16/h1-4,11-12H,5-10,13-14H2,(H,21,25). The lowest BCUT2D eigenvalue weighted by molar-refractivity contribution is -0.132. The van der Waals surface area contributed by atoms with Gasteiger partial charge in [-0.05, 0) is 29.8 Å². The predicted octanol–water partition coefficient (Wildman–Crippen LogP) is 1.47. The molecule has 0 aliphatic carbocycles. The molecule has 0 radical (unpaired) electrons. The normalized spacial score (nSPS) is 16.2. The van der Waals surface area contributed by atoms with E-state index in [1.165, 1.54) is 11.8 Å². The summed E-state index contributed by atoms with van der Waals surface area (Å²) in [5.41, 5.74) is 1.17. The highest BCUT2D eigenvalue weighted by Crippen LogP contribution is 2.32. The maximum atomic E-state index is 12.4. The van der Waals surface area contributed by atoms with Gasteiger partial charge >= 0.3 is 0 Å². The third kappa shape index (κ3) is 4.28. The average molecular weight is 385 g/mol. The van der Waals surface area contributed by atoms with Crippen LogP contribution in [-0.4, -0.2) is 61.1 Å². The number of hydrogen-bond donors (Lipinski definition) is 1. The summed E-state index contributed by atoms with van der Waals surface area (Å²) in [6, 6.07) is 9.25. The first-order valence-electron chi connectivity index (χ1n) is 9.39. The summed E-state index contributed by atoms with van der Waals surface area (Å²) in [5, 5.41) is 2.70. The summed E-state index contributed by atoms with van der Waals surface area (Å²) in [6.45, 7) is 4.41. The summed E-state index contributed by atoms with van der Waals surface area (Å²) in [7, 11) is 0. The Morgan fingerprint density at radius 2 is 1.86 bits per heavy atom. The fourth-order valence-electron chi connectivity index (χ4n) is 3.39. The van der Waals surface area contributed by atoms with E-state index in [9.17, 15) is 9.59 Å². The third-order valence-corrected chi connectivity index (χ3v) is 4.94. The first-order valence-corrected chi connectivity index (χ1v) is 9.39. The van der Waals surface area contributed by atoms with Crippen LogP contribution in [0.5, 0.6) is 11.5 Å². The van der Waals surface area contributed by atoms with E-state index in [0.717, 1.165) is 31.1 Å². The lowest BCUT2D eigenvalue weighted by atomic mass is 10.1. The average Bonchev–Trinajstić information content (AvgIpc) is 3.40. The van der Waals surface area contributed by atoms with Gasteiger partial charge in [-0.2, -0.15) is 0 Å². The zero-order valence-electron chi connectivity index (χ0n) is 15.6. The van der Waals surface area contributed by atoms with Crippen LogP contribution < -0.4 is 14.8 Å². The number of nitrogens with zero attached hydrogens (tertiary/aromatic N) is 2. The van der Waals surface area contributed by atoms with E-state index in [1.807, 2.05) is 23.1 Å². The van der Waals surface area contributed by atoms with Crippen molar-refractivity contribution in [2.75, 3.05) is 39.5 Å². The summed E-state index contributed by atoms with van der Waals surface area (Å²) in [5.74, 6) is 1.60. The van der Waals surface area contributed by atoms with Crippen molar-refractivity contribution >= 4 is 11.8 Å². The quantitative estimate of drug-likeness (QED) is 0.811. The first-order chi connectivity index (χ1) is 13.7. The number of furan rings is 1. The number of rotatable bonds is 6. The molecule has 3 heterocycles. The number of fused-ring (bicyclic) bond motifs is 1. The Kier molecular flexibility index (Phi) is 5.48. The number of nitrogens with one attached hydrogen (secondary N) is 1. The second-order valence-corrected chi connectivity index (χ2v) is 6.83. The van der Waals surface area contributed by atoms with Crippen molar-refractivity contribution in [3.8, 4) is 11.5 Å². The van der Waals surface area contributed by atoms with Gasteiger partial charge < -0.3 is 24.1 Å². The fraction of sp³-hybridized carbons (Fsp3) is 0.400. The second-order valence-electron chi connectivity index (χ2n) is 6.83. The SMILES string of the molecule is O=C(NCCC(=O)N1CCN(Cc2ccc3c(c2)OCO3)CC1)c1ccco1. The lowest BCUT2D eigenvalue weighted by Gasteiger charge is -2.34. The summed E-state index contributed by atoms with van der Waals surface area (Å²) in [4.78, 5) is 28.3. The molecule has 0 atom stereocenters. The predicted molar refractivity (Wildman–Crippen MR) is 100 cm³/mol. The molecule has 8 heteroatoms. The fourth-order valence-corrected chi connectivity index (χ4v) is 3.39. The van der Waals surface area contributed by atoms with Gasteiger partial charge in [0.2, 0.25) is 12.7 Å². The molecule has 4 rings (SSSR count). The maximum absolute atomic E-state index is 12.4. The van der Waals surface area contributed by atoms with Crippen molar-refractivity contribution in [2.24, 2.45) is 0 Å². The van der Waals surface area contributed by atoms with E-state index in [2.05, 4.69) is 10.2 Å². The Morgan fingerprint density at radius 1 is 1.04 bits per heavy atom. The number of hydrogen-bond acceptors (Lipinski definition) is 6. The molecule has 28 heavy (non-hydrogen) atoms. The number of carbonyl (C=O) groups is 2. The minimum absolute atomic E-state index is 0.0578. The van der Waals surface area contributed by atoms with E-state index in [-0.39, 0.29) is 30.8 Å². The number of benzene rings is 1. The summed E-state index contributed by atoms with van der Waals surface area (Å²) in [6.07, 6.45) is 1.73. The Labute approximate surface area is 163 Å². The highest BCUT2D eigenvalue weighted by atomic mass is 16.7. The molecule has 2 amide bonds. The Bertz CT molecular complexity index is 828. The molecule has 0 saturated carbocycles. The molecule has 2 aromatic rings. The van der Waals surface area contributed by atoms with E-state index >= 15 is 0 Å². The molecule has 148 valence electrons. The van der Waals surface area contributed by atoms with Crippen molar-refractivity contribution in [2.45, 2.75) is 13.0 Å². The molecule has 1 aromatic heterocycles. The molecule has 0 spiro atoms. The van der Waals surface area contributed by atoms with Crippen molar-refractivity contribution in [3.05, 3.63) is 47.9 Å². The molecule has 1 N–H and O–H groups in total. The van der Waals surface area contributed by atoms with Crippen molar-refractivity contribution in [1.29, 1.82) is 0 Å². The molecule has 1 aromatic carbocycles. The smallest absolute Gasteiger partial charge is 0.286 e. The maximum Gasteiger partial charge on any atom is 0.286 e. The molecule has 0 bridgehead atoms. The van der Waals surface area contributed by atoms with Crippen molar-refractivity contribution in [1.82, 2.24) is 15.1 Å². The third-order valence-electron chi connectivity index (χ3n) is 4.94. The van der Waals surface area contributed by atoms with Gasteiger partial charge in [-0.15, -0.1) is 0 Å². The van der Waals surface area contributed by atoms with E-state index in [1.54, 1.807) is 12.1 Å². The molecule has 2 aliphatic heterocycles. The molecular weight excluding hydrogens is 362 g/mol. The topological polar surface area (TPSA) is 84.3 Å². The monoisotopic (exact) mass is 385 g/mol. The first kappa shape index (κ1) is 18.4. The van der Waals surface area contributed by atoms with E-state index in [0.29, 0.717) is 19.6 Å². The van der Waals surface area contributed by atoms with Crippen molar-refractivity contribution < 1.29 is 23.5 Å². The number of amides is 2. The highest BCUT2D eigenvalue weighted by molar-refractivity contribution is 5.91. The Morgan fingerprint density at radius 3 is 2.64 bits per heavy atom. The van der Waals surface area contributed by atoms with Crippen LogP contribution >= 0.6 is 0 Å². The van der Waals surface area contributed by atoms with Gasteiger partial charge in [-0.25, -0.2) is 0 Å². The van der Waals surface area contributed by atoms with Crippen LogP contribution in [0.1, 0.15) is 22.5 Å². The zero-order chi connectivity index (χ0) is 19.3. The van der Waals surface area contributed by atoms with Crippen LogP contribution in [0.2, 0.25) is 0 Å². The Balaban J connectivity index is 1.18. The molecule has 8 nitrogen and oxygen atoms in total. The Hall–Kier alpha value is -3.00. The van der Waals surface area contributed by atoms with Crippen LogP contribution in [0.3, 0.4) is 0 Å². The summed E-state index contributed by atoms with van der Waals surface area (Å²) >= 11 is 0. The van der Waals surface area contributed by atoms with Crippen molar-refractivity contribution in [3.63, 3.8) is 0 Å². The number of ether oxygens (including phenoxy) is 2. The molecule has 1 saturated heterocycles. The number of carbonyl (C=O) groups excluding carboxylic acids is 2. The minimum Gasteiger partial charge on any atom is -0.459 e. The van der Waals surface area contributed by atoms with Gasteiger partial charge in [0.25, 0.3) is 5.91 Å². The number of piperazine rings is 1. The van der Waals surface area contributed by atoms with Crippen LogP contribution in [0.4, 0.5) is 0 Å². The highest BCUT2D eigenvalue weighted by Gasteiger charge is 2.22. The van der Waals surface area contributed by atoms with Crippen LogP contribution in [-0.2, 0) is 11.3 Å².